The van der Waals surface area contributed by atoms with Gasteiger partial charge in [-0.1, -0.05) is 90.4 Å². The number of phenols is 1. The van der Waals surface area contributed by atoms with E-state index in [2.05, 4.69) is 22.8 Å². The number of hydrogen-bond donors (Lipinski definition) is 3. The van der Waals surface area contributed by atoms with Gasteiger partial charge in [0.1, 0.15) is 5.75 Å². The van der Waals surface area contributed by atoms with Gasteiger partial charge >= 0.3 is 0 Å². The first kappa shape index (κ1) is 27.8. The Bertz CT molecular complexity index is 698. The van der Waals surface area contributed by atoms with Crippen molar-refractivity contribution in [2.45, 2.75) is 96.8 Å². The second-order valence-electron chi connectivity index (χ2n) is 8.22. The number of hydrogen-bond acceptors (Lipinski definition) is 5. The van der Waals surface area contributed by atoms with Crippen molar-refractivity contribution < 1.29 is 10.0 Å². The molecule has 7 nitrogen and oxygen atoms in total. The van der Waals surface area contributed by atoms with E-state index in [0.717, 1.165) is 13.0 Å². The number of nitro groups is 1. The van der Waals surface area contributed by atoms with Crippen LogP contribution >= 0.6 is 12.2 Å². The third kappa shape index (κ3) is 14.0. The average molecular weight is 465 g/mol. The van der Waals surface area contributed by atoms with Gasteiger partial charge in [0.05, 0.1) is 11.1 Å². The quantitative estimate of drug-likeness (QED) is 0.0746. The van der Waals surface area contributed by atoms with E-state index in [9.17, 15) is 15.2 Å². The predicted molar refractivity (Wildman–Crippen MR) is 136 cm³/mol. The predicted octanol–water partition coefficient (Wildman–Crippen LogP) is 6.58. The summed E-state index contributed by atoms with van der Waals surface area (Å²) in [6, 6.07) is 3.76. The van der Waals surface area contributed by atoms with Gasteiger partial charge in [-0.2, -0.15) is 5.10 Å². The van der Waals surface area contributed by atoms with Crippen molar-refractivity contribution >= 4 is 29.2 Å². The minimum atomic E-state index is -0.521. The fourth-order valence-corrected chi connectivity index (χ4v) is 3.64. The third-order valence-electron chi connectivity index (χ3n) is 5.41. The number of benzene rings is 1. The van der Waals surface area contributed by atoms with Gasteiger partial charge in [0, 0.05) is 24.2 Å². The lowest BCUT2D eigenvalue weighted by Gasteiger charge is -2.07. The first-order valence-corrected chi connectivity index (χ1v) is 12.5. The number of aromatic hydroxyl groups is 1. The number of non-ortho nitro benzene ring substituents is 1. The number of phenolic OH excluding ortho intramolecular Hbond substituents is 1. The van der Waals surface area contributed by atoms with Gasteiger partial charge in [-0.3, -0.25) is 15.5 Å². The second kappa shape index (κ2) is 18.4. The molecule has 0 saturated carbocycles. The topological polar surface area (TPSA) is 99.8 Å². The fraction of sp³-hybridized carbons (Fsp3) is 0.667. The Kier molecular flexibility index (Phi) is 16.0. The normalized spacial score (nSPS) is 11.0. The number of nitrogens with zero attached hydrogens (tertiary/aromatic N) is 2. The molecule has 0 unspecified atom stereocenters. The molecule has 1 aromatic carbocycles. The molecule has 8 heteroatoms. The van der Waals surface area contributed by atoms with Crippen molar-refractivity contribution in [3.8, 4) is 5.75 Å². The lowest BCUT2D eigenvalue weighted by molar-refractivity contribution is -0.384. The zero-order valence-electron chi connectivity index (χ0n) is 19.5. The maximum Gasteiger partial charge on any atom is 0.270 e. The Balaban J connectivity index is 1.97. The summed E-state index contributed by atoms with van der Waals surface area (Å²) in [5, 5.41) is 28.0. The molecule has 0 heterocycles. The van der Waals surface area contributed by atoms with Crippen molar-refractivity contribution in [1.29, 1.82) is 0 Å². The van der Waals surface area contributed by atoms with Gasteiger partial charge in [-0.05, 0) is 24.7 Å². The van der Waals surface area contributed by atoms with E-state index in [1.807, 2.05) is 0 Å². The molecule has 0 fully saturated rings. The largest absolute Gasteiger partial charge is 0.507 e. The van der Waals surface area contributed by atoms with Crippen LogP contribution in [0.3, 0.4) is 0 Å². The van der Waals surface area contributed by atoms with Gasteiger partial charge in [-0.25, -0.2) is 0 Å². The maximum absolute atomic E-state index is 10.8. The molecule has 0 spiro atoms. The minimum Gasteiger partial charge on any atom is -0.507 e. The molecule has 3 N–H and O–H groups in total. The third-order valence-corrected chi connectivity index (χ3v) is 5.64. The highest BCUT2D eigenvalue weighted by atomic mass is 32.1. The summed E-state index contributed by atoms with van der Waals surface area (Å²) in [5.74, 6) is -0.0811. The molecule has 0 aromatic heterocycles. The maximum atomic E-state index is 10.8. The highest BCUT2D eigenvalue weighted by Crippen LogP contribution is 2.21. The fourth-order valence-electron chi connectivity index (χ4n) is 3.48. The molecular weight excluding hydrogens is 424 g/mol. The molecule has 0 aliphatic carbocycles. The summed E-state index contributed by atoms with van der Waals surface area (Å²) < 4.78 is 0. The van der Waals surface area contributed by atoms with Crippen LogP contribution in [0.15, 0.2) is 23.3 Å². The lowest BCUT2D eigenvalue weighted by Crippen LogP contribution is -2.32. The summed E-state index contributed by atoms with van der Waals surface area (Å²) in [5.41, 5.74) is 2.81. The van der Waals surface area contributed by atoms with Crippen LogP contribution in [-0.4, -0.2) is 27.9 Å². The zero-order valence-corrected chi connectivity index (χ0v) is 20.3. The van der Waals surface area contributed by atoms with Crippen LogP contribution in [0.4, 0.5) is 5.69 Å². The van der Waals surface area contributed by atoms with Gasteiger partial charge in [0.15, 0.2) is 5.11 Å². The number of hydrazone groups is 1. The summed E-state index contributed by atoms with van der Waals surface area (Å²) in [6.07, 6.45) is 19.9. The van der Waals surface area contributed by atoms with Crippen molar-refractivity contribution in [3.63, 3.8) is 0 Å². The van der Waals surface area contributed by atoms with Gasteiger partial charge in [-0.15, -0.1) is 0 Å². The van der Waals surface area contributed by atoms with Gasteiger partial charge < -0.3 is 10.4 Å². The first-order valence-electron chi connectivity index (χ1n) is 12.1. The van der Waals surface area contributed by atoms with Crippen molar-refractivity contribution in [2.75, 3.05) is 6.54 Å². The minimum absolute atomic E-state index is 0.0811. The molecule has 0 atom stereocenters. The van der Waals surface area contributed by atoms with Crippen LogP contribution in [-0.2, 0) is 0 Å². The number of unbranched alkanes of at least 4 members (excludes halogenated alkanes) is 13. The Labute approximate surface area is 198 Å². The number of nitrogens with one attached hydrogen (secondary N) is 2. The van der Waals surface area contributed by atoms with E-state index >= 15 is 0 Å². The second-order valence-corrected chi connectivity index (χ2v) is 8.63. The van der Waals surface area contributed by atoms with E-state index in [1.54, 1.807) is 0 Å². The Morgan fingerprint density at radius 2 is 1.53 bits per heavy atom. The van der Waals surface area contributed by atoms with Crippen molar-refractivity contribution in [2.24, 2.45) is 5.10 Å². The molecule has 0 aliphatic rings. The summed E-state index contributed by atoms with van der Waals surface area (Å²) >= 11 is 5.16. The first-order chi connectivity index (χ1) is 15.5. The van der Waals surface area contributed by atoms with Crippen molar-refractivity contribution in [3.05, 3.63) is 33.9 Å². The molecule has 0 aliphatic heterocycles. The van der Waals surface area contributed by atoms with Crippen LogP contribution in [0.25, 0.3) is 0 Å². The summed E-state index contributed by atoms with van der Waals surface area (Å²) in [6.45, 7) is 3.04. The molecule has 180 valence electrons. The lowest BCUT2D eigenvalue weighted by atomic mass is 10.0. The zero-order chi connectivity index (χ0) is 23.4. The number of thiocarbonyl (C=S) groups is 1. The van der Waals surface area contributed by atoms with Crippen LogP contribution < -0.4 is 10.7 Å². The van der Waals surface area contributed by atoms with E-state index < -0.39 is 4.92 Å². The average Bonchev–Trinajstić information content (AvgIpc) is 2.77. The molecule has 0 bridgehead atoms. The van der Waals surface area contributed by atoms with Crippen molar-refractivity contribution in [1.82, 2.24) is 10.7 Å². The smallest absolute Gasteiger partial charge is 0.270 e. The molecule has 0 radical (unpaired) electrons. The monoisotopic (exact) mass is 464 g/mol. The van der Waals surface area contributed by atoms with Crippen LogP contribution in [0, 0.1) is 10.1 Å². The Morgan fingerprint density at radius 1 is 1.00 bits per heavy atom. The van der Waals surface area contributed by atoms with E-state index in [1.165, 1.54) is 108 Å². The van der Waals surface area contributed by atoms with Crippen LogP contribution in [0.5, 0.6) is 5.75 Å². The molecule has 0 amide bonds. The van der Waals surface area contributed by atoms with Gasteiger partial charge in [0.2, 0.25) is 0 Å². The van der Waals surface area contributed by atoms with E-state index in [-0.39, 0.29) is 17.0 Å². The molecule has 1 rings (SSSR count). The molecule has 1 aromatic rings. The molecular formula is C24H40N4O3S. The van der Waals surface area contributed by atoms with Crippen LogP contribution in [0.2, 0.25) is 0 Å². The number of rotatable bonds is 18. The Hall–Kier alpha value is -2.22. The highest BCUT2D eigenvalue weighted by molar-refractivity contribution is 7.80. The summed E-state index contributed by atoms with van der Waals surface area (Å²) in [4.78, 5) is 10.3. The van der Waals surface area contributed by atoms with Gasteiger partial charge in [0.25, 0.3) is 5.69 Å². The van der Waals surface area contributed by atoms with Crippen LogP contribution in [0.1, 0.15) is 102 Å². The number of nitro benzene ring substituents is 1. The molecule has 0 saturated heterocycles. The van der Waals surface area contributed by atoms with E-state index in [0.29, 0.717) is 5.11 Å². The molecule has 32 heavy (non-hydrogen) atoms. The SMILES string of the molecule is CCCCCCCCCCCCCCCCNC(=S)NN=Cc1cc([N+](=O)[O-])ccc1O. The van der Waals surface area contributed by atoms with E-state index in [4.69, 9.17) is 12.2 Å². The standard InChI is InChI=1S/C24H40N4O3S/c1-2-3-4-5-6-7-8-9-10-11-12-13-14-15-18-25-24(32)27-26-20-21-19-22(28(30)31)16-17-23(21)29/h16-17,19-20,29H,2-15,18H2,1H3,(H2,25,27,32). The summed E-state index contributed by atoms with van der Waals surface area (Å²) in [7, 11) is 0. The Morgan fingerprint density at radius 3 is 2.06 bits per heavy atom. The highest BCUT2D eigenvalue weighted by Gasteiger charge is 2.08.